The van der Waals surface area contributed by atoms with Crippen molar-refractivity contribution >= 4 is 126 Å². The van der Waals surface area contributed by atoms with E-state index < -0.39 is 16.1 Å². The van der Waals surface area contributed by atoms with Crippen molar-refractivity contribution in [3.05, 3.63) is 91.7 Å². The Morgan fingerprint density at radius 2 is 0.878 bits per heavy atom. The molecule has 0 amide bonds. The summed E-state index contributed by atoms with van der Waals surface area (Å²) in [6.45, 7) is 13.3. The van der Waals surface area contributed by atoms with Gasteiger partial charge in [-0.3, -0.25) is 0 Å². The summed E-state index contributed by atoms with van der Waals surface area (Å²) in [4.78, 5) is 4.65. The van der Waals surface area contributed by atoms with Gasteiger partial charge in [0.1, 0.15) is 16.1 Å². The second kappa shape index (κ2) is 13.1. The van der Waals surface area contributed by atoms with Gasteiger partial charge in [-0.1, -0.05) is 86.5 Å². The molecule has 0 fully saturated rings. The minimum atomic E-state index is -1.44. The third kappa shape index (κ3) is 7.57. The third-order valence-electron chi connectivity index (χ3n) is 6.24. The zero-order valence-electron chi connectivity index (χ0n) is 24.0. The van der Waals surface area contributed by atoms with Gasteiger partial charge in [0.2, 0.25) is 0 Å². The topological polar surface area (TPSA) is 0 Å². The molecular formula is C34H32Cl2Se3Si2. The molecule has 0 unspecified atom stereocenters. The number of fused-ring (bicyclic) bond motifs is 6. The molecule has 41 heavy (non-hydrogen) atoms. The van der Waals surface area contributed by atoms with Crippen LogP contribution in [0, 0.1) is 22.9 Å². The second-order valence-corrected chi connectivity index (χ2v) is 26.0. The monoisotopic (exact) mass is 806 g/mol. The molecular weight excluding hydrogens is 772 g/mol. The summed E-state index contributed by atoms with van der Waals surface area (Å²) in [5.41, 5.74) is 8.45. The SMILES string of the molecule is C[Si](C)(C)C#Cc1ccc2c(Cl)c(C#C[Si](C)(C)C)ccc2c1Cl.[SeH2].c1cc2ccc3c(ccc4cc[se]c43)c2[se]1. The van der Waals surface area contributed by atoms with E-state index in [1.165, 1.54) is 21.5 Å². The molecule has 0 radical (unpaired) electrons. The van der Waals surface area contributed by atoms with Crippen molar-refractivity contribution in [1.29, 1.82) is 0 Å². The van der Waals surface area contributed by atoms with Gasteiger partial charge in [-0.2, -0.15) is 0 Å². The number of hydrogen-bond donors (Lipinski definition) is 0. The van der Waals surface area contributed by atoms with Crippen LogP contribution in [0.1, 0.15) is 11.1 Å². The van der Waals surface area contributed by atoms with Crippen LogP contribution < -0.4 is 0 Å². The van der Waals surface area contributed by atoms with Crippen LogP contribution in [-0.2, 0) is 0 Å². The molecule has 6 rings (SSSR count). The molecule has 0 saturated heterocycles. The number of benzene rings is 4. The first kappa shape index (κ1) is 32.5. The fraction of sp³-hybridized carbons (Fsp3) is 0.176. The maximum atomic E-state index is 6.57. The fourth-order valence-electron chi connectivity index (χ4n) is 4.30. The first-order valence-electron chi connectivity index (χ1n) is 13.1. The average molecular weight is 805 g/mol. The Morgan fingerprint density at radius 1 is 0.512 bits per heavy atom. The van der Waals surface area contributed by atoms with E-state index in [2.05, 4.69) is 108 Å². The molecule has 0 aliphatic heterocycles. The van der Waals surface area contributed by atoms with Gasteiger partial charge in [0, 0.05) is 21.9 Å². The van der Waals surface area contributed by atoms with Gasteiger partial charge in [0.15, 0.2) is 0 Å². The summed E-state index contributed by atoms with van der Waals surface area (Å²) in [5.74, 6) is 6.48. The summed E-state index contributed by atoms with van der Waals surface area (Å²) in [7, 11) is -2.88. The Morgan fingerprint density at radius 3 is 1.24 bits per heavy atom. The molecule has 0 bridgehead atoms. The average Bonchev–Trinajstić information content (AvgIpc) is 3.57. The van der Waals surface area contributed by atoms with Crippen molar-refractivity contribution in [2.45, 2.75) is 39.3 Å². The van der Waals surface area contributed by atoms with Crippen LogP contribution in [0.2, 0.25) is 49.3 Å². The van der Waals surface area contributed by atoms with Crippen LogP contribution in [0.25, 0.3) is 40.8 Å². The summed E-state index contributed by atoms with van der Waals surface area (Å²) >= 11 is 14.2. The van der Waals surface area contributed by atoms with Gasteiger partial charge in [0.05, 0.1) is 10.0 Å². The summed E-state index contributed by atoms with van der Waals surface area (Å²) in [6, 6.07) is 21.7. The zero-order valence-corrected chi connectivity index (χ0v) is 33.0. The predicted molar refractivity (Wildman–Crippen MR) is 196 cm³/mol. The molecule has 2 aromatic heterocycles. The molecule has 208 valence electrons. The van der Waals surface area contributed by atoms with Crippen LogP contribution >= 0.6 is 23.2 Å². The van der Waals surface area contributed by atoms with Gasteiger partial charge in [0.25, 0.3) is 0 Å². The first-order valence-corrected chi connectivity index (χ1v) is 24.6. The van der Waals surface area contributed by atoms with E-state index in [0.29, 0.717) is 39.1 Å². The van der Waals surface area contributed by atoms with Crippen molar-refractivity contribution < 1.29 is 0 Å². The van der Waals surface area contributed by atoms with E-state index in [-0.39, 0.29) is 17.1 Å². The molecule has 0 aliphatic carbocycles. The third-order valence-corrected chi connectivity index (χ3v) is 12.9. The quantitative estimate of drug-likeness (QED) is 0.106. The standard InChI is InChI=1S/C20H22Cl2Si2.C14H8Se2.H2Se/c1-23(2,3)13-11-15-7-9-18-17(19(15)21)10-8-16(20(18)22)12-14-24(4,5)6;1-3-11-12(13-9(1)5-7-15-13)4-2-10-6-8-16-14(10)11;/h7-10H,1-6H3;1-8H;1H2. The summed E-state index contributed by atoms with van der Waals surface area (Å²) < 4.78 is 3.16. The fourth-order valence-corrected chi connectivity index (χ4v) is 9.76. The first-order chi connectivity index (χ1) is 18.9. The number of halogens is 2. The second-order valence-electron chi connectivity index (χ2n) is 11.9. The van der Waals surface area contributed by atoms with Crippen molar-refractivity contribution in [3.8, 4) is 22.9 Å². The van der Waals surface area contributed by atoms with Crippen LogP contribution in [0.4, 0.5) is 0 Å². The van der Waals surface area contributed by atoms with Crippen LogP contribution in [0.5, 0.6) is 0 Å². The Labute approximate surface area is 277 Å². The molecule has 6 aromatic rings. The van der Waals surface area contributed by atoms with Gasteiger partial charge in [-0.05, 0) is 12.1 Å². The molecule has 0 nitrogen and oxygen atoms in total. The van der Waals surface area contributed by atoms with Crippen molar-refractivity contribution in [1.82, 2.24) is 0 Å². The maximum absolute atomic E-state index is 6.57. The van der Waals surface area contributed by atoms with E-state index in [9.17, 15) is 0 Å². The summed E-state index contributed by atoms with van der Waals surface area (Å²) in [5, 5.41) is 9.07. The normalized spacial score (nSPS) is 11.3. The molecule has 0 aliphatic rings. The number of hydrogen-bond acceptors (Lipinski definition) is 0. The Bertz CT molecular complexity index is 1870. The molecule has 0 N–H and O–H groups in total. The molecule has 0 atom stereocenters. The van der Waals surface area contributed by atoms with Crippen molar-refractivity contribution in [3.63, 3.8) is 0 Å². The molecule has 4 aromatic carbocycles. The van der Waals surface area contributed by atoms with E-state index in [0.717, 1.165) is 21.9 Å². The van der Waals surface area contributed by atoms with E-state index in [4.69, 9.17) is 23.2 Å². The van der Waals surface area contributed by atoms with Gasteiger partial charge < -0.3 is 0 Å². The molecule has 0 spiro atoms. The van der Waals surface area contributed by atoms with Gasteiger partial charge in [-0.25, -0.2) is 0 Å². The number of rotatable bonds is 0. The Hall–Kier alpha value is -1.43. The minimum absolute atomic E-state index is 0. The zero-order chi connectivity index (χ0) is 28.7. The Kier molecular flexibility index (Phi) is 10.3. The molecule has 7 heteroatoms. The van der Waals surface area contributed by atoms with Gasteiger partial charge >= 0.3 is 122 Å². The van der Waals surface area contributed by atoms with E-state index >= 15 is 0 Å². The summed E-state index contributed by atoms with van der Waals surface area (Å²) in [6.07, 6.45) is 0. The van der Waals surface area contributed by atoms with E-state index in [1.54, 1.807) is 8.52 Å². The van der Waals surface area contributed by atoms with Crippen LogP contribution in [0.15, 0.2) is 70.5 Å². The molecule has 2 heterocycles. The van der Waals surface area contributed by atoms with Gasteiger partial charge in [-0.15, -0.1) is 11.1 Å². The van der Waals surface area contributed by atoms with Crippen molar-refractivity contribution in [2.24, 2.45) is 0 Å². The molecule has 0 saturated carbocycles. The van der Waals surface area contributed by atoms with E-state index in [1.807, 2.05) is 24.3 Å². The van der Waals surface area contributed by atoms with Crippen LogP contribution in [-0.4, -0.2) is 62.2 Å². The predicted octanol–water partition coefficient (Wildman–Crippen LogP) is 8.95. The van der Waals surface area contributed by atoms with Crippen molar-refractivity contribution in [2.75, 3.05) is 0 Å². The van der Waals surface area contributed by atoms with Crippen LogP contribution in [0.3, 0.4) is 0 Å². The Balaban J connectivity index is 0.000000196.